The van der Waals surface area contributed by atoms with E-state index in [1.165, 1.54) is 25.7 Å². The summed E-state index contributed by atoms with van der Waals surface area (Å²) >= 11 is 0. The van der Waals surface area contributed by atoms with E-state index in [9.17, 15) is 0 Å². The molecule has 1 N–H and O–H groups in total. The van der Waals surface area contributed by atoms with E-state index in [0.717, 1.165) is 25.1 Å². The first-order valence-corrected chi connectivity index (χ1v) is 7.00. The standard InChI is InChI=1S/C14H29NO/c1-5-15-14-8-6-7-13(14)9-10-16-12(4)11(2)3/h11-15H,5-10H2,1-4H3. The zero-order chi connectivity index (χ0) is 12.0. The third-order valence-corrected chi connectivity index (χ3v) is 3.93. The second-order valence-electron chi connectivity index (χ2n) is 5.46. The summed E-state index contributed by atoms with van der Waals surface area (Å²) in [5.74, 6) is 1.48. The molecule has 0 spiro atoms. The lowest BCUT2D eigenvalue weighted by atomic mass is 10.00. The van der Waals surface area contributed by atoms with Crippen molar-refractivity contribution in [1.29, 1.82) is 0 Å². The smallest absolute Gasteiger partial charge is 0.0569 e. The first-order valence-electron chi connectivity index (χ1n) is 7.00. The van der Waals surface area contributed by atoms with Crippen molar-refractivity contribution in [3.63, 3.8) is 0 Å². The molecule has 2 heteroatoms. The van der Waals surface area contributed by atoms with E-state index in [0.29, 0.717) is 12.0 Å². The Morgan fingerprint density at radius 1 is 1.25 bits per heavy atom. The Morgan fingerprint density at radius 2 is 2.00 bits per heavy atom. The number of hydrogen-bond donors (Lipinski definition) is 1. The van der Waals surface area contributed by atoms with Crippen molar-refractivity contribution < 1.29 is 4.74 Å². The third kappa shape index (κ3) is 4.42. The predicted molar refractivity (Wildman–Crippen MR) is 69.7 cm³/mol. The van der Waals surface area contributed by atoms with Gasteiger partial charge < -0.3 is 10.1 Å². The van der Waals surface area contributed by atoms with E-state index in [1.807, 2.05) is 0 Å². The van der Waals surface area contributed by atoms with Crippen LogP contribution in [0.4, 0.5) is 0 Å². The van der Waals surface area contributed by atoms with Gasteiger partial charge in [-0.15, -0.1) is 0 Å². The summed E-state index contributed by atoms with van der Waals surface area (Å²) in [7, 11) is 0. The topological polar surface area (TPSA) is 21.3 Å². The number of nitrogens with one attached hydrogen (secondary N) is 1. The molecule has 0 saturated heterocycles. The average Bonchev–Trinajstić information content (AvgIpc) is 2.66. The van der Waals surface area contributed by atoms with Crippen molar-refractivity contribution in [2.45, 2.75) is 65.5 Å². The lowest BCUT2D eigenvalue weighted by molar-refractivity contribution is 0.0266. The first-order chi connectivity index (χ1) is 7.65. The highest BCUT2D eigenvalue weighted by molar-refractivity contribution is 4.82. The van der Waals surface area contributed by atoms with E-state index >= 15 is 0 Å². The average molecular weight is 227 g/mol. The minimum atomic E-state index is 0.402. The Balaban J connectivity index is 2.16. The Hall–Kier alpha value is -0.0800. The van der Waals surface area contributed by atoms with Crippen LogP contribution in [0.25, 0.3) is 0 Å². The monoisotopic (exact) mass is 227 g/mol. The Kier molecular flexibility index (Phi) is 6.37. The Labute approximate surface area is 101 Å². The van der Waals surface area contributed by atoms with Gasteiger partial charge in [-0.05, 0) is 44.6 Å². The maximum Gasteiger partial charge on any atom is 0.0569 e. The summed E-state index contributed by atoms with van der Waals surface area (Å²) in [4.78, 5) is 0. The molecule has 0 bridgehead atoms. The van der Waals surface area contributed by atoms with Crippen LogP contribution in [0.2, 0.25) is 0 Å². The van der Waals surface area contributed by atoms with Crippen molar-refractivity contribution in [2.24, 2.45) is 11.8 Å². The first kappa shape index (κ1) is 14.0. The number of ether oxygens (including phenoxy) is 1. The minimum Gasteiger partial charge on any atom is -0.378 e. The van der Waals surface area contributed by atoms with Crippen LogP contribution in [0.15, 0.2) is 0 Å². The van der Waals surface area contributed by atoms with Crippen molar-refractivity contribution in [2.75, 3.05) is 13.2 Å². The van der Waals surface area contributed by atoms with Gasteiger partial charge in [0.1, 0.15) is 0 Å². The molecule has 1 rings (SSSR count). The highest BCUT2D eigenvalue weighted by Crippen LogP contribution is 2.28. The van der Waals surface area contributed by atoms with E-state index in [1.54, 1.807) is 0 Å². The molecular formula is C14H29NO. The van der Waals surface area contributed by atoms with Crippen LogP contribution in [0, 0.1) is 11.8 Å². The second-order valence-corrected chi connectivity index (χ2v) is 5.46. The normalized spacial score (nSPS) is 27.6. The molecule has 0 amide bonds. The Morgan fingerprint density at radius 3 is 2.62 bits per heavy atom. The maximum atomic E-state index is 5.86. The molecule has 3 atom stereocenters. The molecule has 0 radical (unpaired) electrons. The molecule has 0 aromatic rings. The van der Waals surface area contributed by atoms with Crippen LogP contribution in [0.5, 0.6) is 0 Å². The van der Waals surface area contributed by atoms with Crippen LogP contribution in [-0.4, -0.2) is 25.3 Å². The van der Waals surface area contributed by atoms with Gasteiger partial charge in [-0.3, -0.25) is 0 Å². The molecule has 16 heavy (non-hydrogen) atoms. The Bertz CT molecular complexity index is 182. The van der Waals surface area contributed by atoms with Gasteiger partial charge in [0.25, 0.3) is 0 Å². The zero-order valence-electron chi connectivity index (χ0n) is 11.5. The summed E-state index contributed by atoms with van der Waals surface area (Å²) in [6.45, 7) is 10.9. The summed E-state index contributed by atoms with van der Waals surface area (Å²) < 4.78 is 5.86. The maximum absolute atomic E-state index is 5.86. The van der Waals surface area contributed by atoms with Crippen molar-refractivity contribution in [1.82, 2.24) is 5.32 Å². The van der Waals surface area contributed by atoms with Gasteiger partial charge in [0.2, 0.25) is 0 Å². The van der Waals surface area contributed by atoms with Crippen LogP contribution >= 0.6 is 0 Å². The summed E-state index contributed by atoms with van der Waals surface area (Å²) in [6, 6.07) is 0.753. The molecule has 0 aromatic carbocycles. The fourth-order valence-corrected chi connectivity index (χ4v) is 2.51. The van der Waals surface area contributed by atoms with Gasteiger partial charge in [-0.1, -0.05) is 27.2 Å². The minimum absolute atomic E-state index is 0.402. The van der Waals surface area contributed by atoms with Crippen molar-refractivity contribution in [3.8, 4) is 0 Å². The van der Waals surface area contributed by atoms with Crippen LogP contribution < -0.4 is 5.32 Å². The quantitative estimate of drug-likeness (QED) is 0.721. The fraction of sp³-hybridized carbons (Fsp3) is 1.00. The van der Waals surface area contributed by atoms with E-state index in [2.05, 4.69) is 33.0 Å². The van der Waals surface area contributed by atoms with Gasteiger partial charge in [0, 0.05) is 12.6 Å². The molecule has 1 aliphatic carbocycles. The number of hydrogen-bond acceptors (Lipinski definition) is 2. The lowest BCUT2D eigenvalue weighted by Gasteiger charge is -2.22. The second kappa shape index (κ2) is 7.29. The van der Waals surface area contributed by atoms with Gasteiger partial charge in [-0.25, -0.2) is 0 Å². The van der Waals surface area contributed by atoms with Crippen molar-refractivity contribution in [3.05, 3.63) is 0 Å². The lowest BCUT2D eigenvalue weighted by Crippen LogP contribution is -2.33. The third-order valence-electron chi connectivity index (χ3n) is 3.93. The summed E-state index contributed by atoms with van der Waals surface area (Å²) in [5, 5.41) is 3.60. The van der Waals surface area contributed by atoms with Crippen LogP contribution in [-0.2, 0) is 4.74 Å². The highest BCUT2D eigenvalue weighted by Gasteiger charge is 2.26. The van der Waals surface area contributed by atoms with E-state index in [4.69, 9.17) is 4.74 Å². The number of rotatable bonds is 7. The molecule has 0 aliphatic heterocycles. The summed E-state index contributed by atoms with van der Waals surface area (Å²) in [6.07, 6.45) is 5.77. The molecule has 0 aromatic heterocycles. The van der Waals surface area contributed by atoms with Gasteiger partial charge in [-0.2, -0.15) is 0 Å². The molecule has 0 heterocycles. The van der Waals surface area contributed by atoms with Crippen molar-refractivity contribution >= 4 is 0 Å². The van der Waals surface area contributed by atoms with E-state index < -0.39 is 0 Å². The summed E-state index contributed by atoms with van der Waals surface area (Å²) in [5.41, 5.74) is 0. The largest absolute Gasteiger partial charge is 0.378 e. The van der Waals surface area contributed by atoms with Gasteiger partial charge in [0.05, 0.1) is 6.10 Å². The SMILES string of the molecule is CCNC1CCCC1CCOC(C)C(C)C. The van der Waals surface area contributed by atoms with Crippen LogP contribution in [0.3, 0.4) is 0 Å². The molecule has 3 unspecified atom stereocenters. The van der Waals surface area contributed by atoms with Gasteiger partial charge in [0.15, 0.2) is 0 Å². The predicted octanol–water partition coefficient (Wildman–Crippen LogP) is 3.22. The highest BCUT2D eigenvalue weighted by atomic mass is 16.5. The molecular weight excluding hydrogens is 198 g/mol. The molecule has 1 fully saturated rings. The fourth-order valence-electron chi connectivity index (χ4n) is 2.51. The zero-order valence-corrected chi connectivity index (χ0v) is 11.5. The molecule has 2 nitrogen and oxygen atoms in total. The van der Waals surface area contributed by atoms with Gasteiger partial charge >= 0.3 is 0 Å². The van der Waals surface area contributed by atoms with E-state index in [-0.39, 0.29) is 0 Å². The molecule has 96 valence electrons. The van der Waals surface area contributed by atoms with Crippen LogP contribution in [0.1, 0.15) is 53.4 Å². The molecule has 1 saturated carbocycles. The molecule has 1 aliphatic rings.